The third kappa shape index (κ3) is 2.75. The standard InChI is InChI=1S/C17H19NO3/c1-11(2)18-12(3)15(17(20)21-4)14(16(18)19)10-13-8-6-5-7-9-13/h5-11H,1-4H3/b14-10-. The molecule has 110 valence electrons. The Morgan fingerprint density at radius 2 is 1.86 bits per heavy atom. The van der Waals surface area contributed by atoms with Gasteiger partial charge in [-0.25, -0.2) is 4.79 Å². The molecule has 1 aromatic carbocycles. The first-order valence-corrected chi connectivity index (χ1v) is 6.87. The molecule has 1 amide bonds. The van der Waals surface area contributed by atoms with Gasteiger partial charge in [0, 0.05) is 11.7 Å². The number of hydrogen-bond donors (Lipinski definition) is 0. The van der Waals surface area contributed by atoms with Crippen LogP contribution in [0.25, 0.3) is 6.08 Å². The van der Waals surface area contributed by atoms with Gasteiger partial charge < -0.3 is 9.64 Å². The van der Waals surface area contributed by atoms with E-state index in [1.54, 1.807) is 17.9 Å². The Kier molecular flexibility index (Phi) is 4.26. The molecule has 0 aromatic heterocycles. The number of carbonyl (C=O) groups excluding carboxylic acids is 2. The van der Waals surface area contributed by atoms with Gasteiger partial charge >= 0.3 is 5.97 Å². The quantitative estimate of drug-likeness (QED) is 0.633. The van der Waals surface area contributed by atoms with E-state index in [1.807, 2.05) is 44.2 Å². The Hall–Kier alpha value is -2.36. The molecule has 0 N–H and O–H groups in total. The minimum atomic E-state index is -0.480. The highest BCUT2D eigenvalue weighted by Gasteiger charge is 2.38. The fourth-order valence-corrected chi connectivity index (χ4v) is 2.54. The maximum Gasteiger partial charge on any atom is 0.340 e. The normalized spacial score (nSPS) is 17.1. The molecule has 0 saturated carbocycles. The van der Waals surface area contributed by atoms with Gasteiger partial charge in [-0.3, -0.25) is 4.79 Å². The van der Waals surface area contributed by atoms with Gasteiger partial charge in [-0.2, -0.15) is 0 Å². The SMILES string of the molecule is COC(=O)C1=C(C)N(C(C)C)C(=O)/C1=C\c1ccccc1. The zero-order valence-electron chi connectivity index (χ0n) is 12.7. The topological polar surface area (TPSA) is 46.6 Å². The molecule has 0 spiro atoms. The summed E-state index contributed by atoms with van der Waals surface area (Å²) in [5, 5.41) is 0. The first kappa shape index (κ1) is 15.0. The van der Waals surface area contributed by atoms with E-state index in [-0.39, 0.29) is 11.9 Å². The second-order valence-corrected chi connectivity index (χ2v) is 5.19. The van der Waals surface area contributed by atoms with Crippen molar-refractivity contribution in [2.75, 3.05) is 7.11 Å². The minimum Gasteiger partial charge on any atom is -0.465 e. The lowest BCUT2D eigenvalue weighted by Crippen LogP contribution is -2.31. The molecule has 4 nitrogen and oxygen atoms in total. The Bertz CT molecular complexity index is 627. The average molecular weight is 285 g/mol. The van der Waals surface area contributed by atoms with Crippen LogP contribution in [0.1, 0.15) is 26.3 Å². The van der Waals surface area contributed by atoms with E-state index in [1.165, 1.54) is 7.11 Å². The van der Waals surface area contributed by atoms with Gasteiger partial charge in [-0.15, -0.1) is 0 Å². The van der Waals surface area contributed by atoms with Gasteiger partial charge in [-0.05, 0) is 32.4 Å². The Labute approximate surface area is 124 Å². The maximum atomic E-state index is 12.6. The lowest BCUT2D eigenvalue weighted by atomic mass is 10.0. The number of benzene rings is 1. The Balaban J connectivity index is 2.56. The number of ether oxygens (including phenoxy) is 1. The van der Waals surface area contributed by atoms with Crippen LogP contribution in [0.15, 0.2) is 47.2 Å². The van der Waals surface area contributed by atoms with E-state index in [0.29, 0.717) is 16.8 Å². The Morgan fingerprint density at radius 1 is 1.24 bits per heavy atom. The zero-order chi connectivity index (χ0) is 15.6. The van der Waals surface area contributed by atoms with Crippen molar-refractivity contribution in [2.45, 2.75) is 26.8 Å². The maximum absolute atomic E-state index is 12.6. The molecule has 0 radical (unpaired) electrons. The van der Waals surface area contributed by atoms with Crippen LogP contribution in [-0.2, 0) is 14.3 Å². The summed E-state index contributed by atoms with van der Waals surface area (Å²) in [5.74, 6) is -0.641. The molecular formula is C17H19NO3. The third-order valence-corrected chi connectivity index (χ3v) is 3.46. The monoisotopic (exact) mass is 285 g/mol. The molecule has 0 atom stereocenters. The number of carbonyl (C=O) groups is 2. The van der Waals surface area contributed by atoms with Crippen LogP contribution in [0.5, 0.6) is 0 Å². The number of amides is 1. The number of hydrogen-bond acceptors (Lipinski definition) is 3. The molecule has 1 aromatic rings. The number of esters is 1. The van der Waals surface area contributed by atoms with Crippen molar-refractivity contribution in [3.63, 3.8) is 0 Å². The molecule has 21 heavy (non-hydrogen) atoms. The third-order valence-electron chi connectivity index (χ3n) is 3.46. The summed E-state index contributed by atoms with van der Waals surface area (Å²) in [7, 11) is 1.32. The van der Waals surface area contributed by atoms with Gasteiger partial charge in [0.1, 0.15) is 0 Å². The van der Waals surface area contributed by atoms with Gasteiger partial charge in [-0.1, -0.05) is 30.3 Å². The first-order chi connectivity index (χ1) is 9.97. The van der Waals surface area contributed by atoms with Gasteiger partial charge in [0.15, 0.2) is 0 Å². The van der Waals surface area contributed by atoms with Crippen LogP contribution in [-0.4, -0.2) is 29.9 Å². The lowest BCUT2D eigenvalue weighted by Gasteiger charge is -2.22. The van der Waals surface area contributed by atoms with E-state index in [2.05, 4.69) is 0 Å². The summed E-state index contributed by atoms with van der Waals surface area (Å²) < 4.78 is 4.83. The van der Waals surface area contributed by atoms with Gasteiger partial charge in [0.25, 0.3) is 5.91 Å². The van der Waals surface area contributed by atoms with Gasteiger partial charge in [0.05, 0.1) is 18.3 Å². The molecule has 0 bridgehead atoms. The van der Waals surface area contributed by atoms with Gasteiger partial charge in [0.2, 0.25) is 0 Å². The molecule has 1 aliphatic heterocycles. The minimum absolute atomic E-state index is 0.0150. The van der Waals surface area contributed by atoms with Crippen LogP contribution in [0.2, 0.25) is 0 Å². The fourth-order valence-electron chi connectivity index (χ4n) is 2.54. The summed E-state index contributed by atoms with van der Waals surface area (Å²) in [4.78, 5) is 26.3. The zero-order valence-corrected chi connectivity index (χ0v) is 12.7. The largest absolute Gasteiger partial charge is 0.465 e. The predicted octanol–water partition coefficient (Wildman–Crippen LogP) is 2.77. The van der Waals surface area contributed by atoms with Crippen molar-refractivity contribution in [1.82, 2.24) is 4.90 Å². The predicted molar refractivity (Wildman–Crippen MR) is 81.1 cm³/mol. The average Bonchev–Trinajstić information content (AvgIpc) is 2.70. The van der Waals surface area contributed by atoms with Crippen molar-refractivity contribution in [2.24, 2.45) is 0 Å². The van der Waals surface area contributed by atoms with E-state index in [4.69, 9.17) is 4.74 Å². The van der Waals surface area contributed by atoms with Crippen molar-refractivity contribution in [3.05, 3.63) is 52.7 Å². The van der Waals surface area contributed by atoms with Crippen molar-refractivity contribution < 1.29 is 14.3 Å². The molecule has 0 saturated heterocycles. The summed E-state index contributed by atoms with van der Waals surface area (Å²) >= 11 is 0. The van der Waals surface area contributed by atoms with E-state index in [9.17, 15) is 9.59 Å². The number of allylic oxidation sites excluding steroid dienone is 1. The van der Waals surface area contributed by atoms with Crippen LogP contribution >= 0.6 is 0 Å². The van der Waals surface area contributed by atoms with Crippen LogP contribution in [0.4, 0.5) is 0 Å². The molecule has 4 heteroatoms. The van der Waals surface area contributed by atoms with Crippen molar-refractivity contribution >= 4 is 18.0 Å². The number of nitrogens with zero attached hydrogens (tertiary/aromatic N) is 1. The second-order valence-electron chi connectivity index (χ2n) is 5.19. The molecule has 1 aliphatic rings. The van der Waals surface area contributed by atoms with Crippen LogP contribution in [0, 0.1) is 0 Å². The molecule has 1 heterocycles. The second kappa shape index (κ2) is 5.95. The van der Waals surface area contributed by atoms with E-state index >= 15 is 0 Å². The summed E-state index contributed by atoms with van der Waals surface area (Å²) in [6, 6.07) is 9.45. The molecule has 0 aliphatic carbocycles. The van der Waals surface area contributed by atoms with Crippen molar-refractivity contribution in [1.29, 1.82) is 0 Å². The highest BCUT2D eigenvalue weighted by atomic mass is 16.5. The van der Waals surface area contributed by atoms with E-state index in [0.717, 1.165) is 5.56 Å². The summed E-state index contributed by atoms with van der Waals surface area (Å²) in [6.07, 6.45) is 1.74. The summed E-state index contributed by atoms with van der Waals surface area (Å²) in [5.41, 5.74) is 2.25. The molecule has 2 rings (SSSR count). The molecule has 0 unspecified atom stereocenters. The highest BCUT2D eigenvalue weighted by molar-refractivity contribution is 6.16. The van der Waals surface area contributed by atoms with Crippen molar-refractivity contribution in [3.8, 4) is 0 Å². The summed E-state index contributed by atoms with van der Waals surface area (Å²) in [6.45, 7) is 5.61. The molecular weight excluding hydrogens is 266 g/mol. The lowest BCUT2D eigenvalue weighted by molar-refractivity contribution is -0.136. The fraction of sp³-hybridized carbons (Fsp3) is 0.294. The Morgan fingerprint density at radius 3 is 2.38 bits per heavy atom. The highest BCUT2D eigenvalue weighted by Crippen LogP contribution is 2.32. The first-order valence-electron chi connectivity index (χ1n) is 6.87. The number of rotatable bonds is 3. The molecule has 0 fully saturated rings. The smallest absolute Gasteiger partial charge is 0.340 e. The number of methoxy groups -OCH3 is 1. The van der Waals surface area contributed by atoms with Crippen LogP contribution < -0.4 is 0 Å². The van der Waals surface area contributed by atoms with E-state index < -0.39 is 5.97 Å². The van der Waals surface area contributed by atoms with Crippen LogP contribution in [0.3, 0.4) is 0 Å².